The third kappa shape index (κ3) is 14.3. The zero-order chi connectivity index (χ0) is 40.0. The maximum absolute atomic E-state index is 13.4. The summed E-state index contributed by atoms with van der Waals surface area (Å²) in [6.45, 7) is 7.49. The molecule has 294 valence electrons. The van der Waals surface area contributed by atoms with Crippen LogP contribution in [0, 0.1) is 6.92 Å². The predicted octanol–water partition coefficient (Wildman–Crippen LogP) is 8.07. The van der Waals surface area contributed by atoms with E-state index in [-0.39, 0.29) is 49.8 Å². The zero-order valence-electron chi connectivity index (χ0n) is 31.6. The van der Waals surface area contributed by atoms with Gasteiger partial charge in [0.2, 0.25) is 11.8 Å². The average Bonchev–Trinajstić information content (AvgIpc) is 3.12. The van der Waals surface area contributed by atoms with E-state index in [0.29, 0.717) is 30.0 Å². The molecule has 0 saturated heterocycles. The highest BCUT2D eigenvalue weighted by Crippen LogP contribution is 2.37. The Balaban J connectivity index is 1.36. The molecule has 4 rings (SSSR count). The first-order valence-corrected chi connectivity index (χ1v) is 17.8. The highest BCUT2D eigenvalue weighted by molar-refractivity contribution is 5.87. The van der Waals surface area contributed by atoms with E-state index in [1.807, 2.05) is 37.3 Å². The van der Waals surface area contributed by atoms with Gasteiger partial charge in [-0.2, -0.15) is 0 Å². The Hall–Kier alpha value is -5.63. The summed E-state index contributed by atoms with van der Waals surface area (Å²) in [7, 11) is 1.52. The number of nitrogens with zero attached hydrogens (tertiary/aromatic N) is 2. The number of rotatable bonds is 17. The average molecular weight is 765 g/mol. The van der Waals surface area contributed by atoms with E-state index in [2.05, 4.69) is 20.4 Å². The van der Waals surface area contributed by atoms with Gasteiger partial charge in [-0.1, -0.05) is 54.6 Å². The summed E-state index contributed by atoms with van der Waals surface area (Å²) >= 11 is 0. The largest absolute Gasteiger partial charge is 0.573 e. The number of nitrogens with one attached hydrogen (secondary N) is 2. The molecule has 0 fully saturated rings. The molecule has 4 aromatic rings. The Labute approximate surface area is 319 Å². The van der Waals surface area contributed by atoms with Crippen LogP contribution in [0.3, 0.4) is 0 Å². The number of carbonyl (C=O) groups is 3. The van der Waals surface area contributed by atoms with Crippen LogP contribution in [0.1, 0.15) is 62.8 Å². The fraction of sp³-hybridized carbons (Fsp3) is 0.366. The van der Waals surface area contributed by atoms with Crippen molar-refractivity contribution in [1.82, 2.24) is 15.6 Å². The molecule has 0 unspecified atom stereocenters. The number of aryl methyl sites for hydroxylation is 1. The van der Waals surface area contributed by atoms with E-state index in [0.717, 1.165) is 11.1 Å². The highest BCUT2D eigenvalue weighted by atomic mass is 19.4. The number of hydrogen-bond donors (Lipinski definition) is 2. The fourth-order valence-electron chi connectivity index (χ4n) is 5.43. The van der Waals surface area contributed by atoms with Gasteiger partial charge >= 0.3 is 12.5 Å². The van der Waals surface area contributed by atoms with Crippen molar-refractivity contribution < 1.29 is 46.5 Å². The molecule has 14 heteroatoms. The quantitative estimate of drug-likeness (QED) is 0.111. The van der Waals surface area contributed by atoms with E-state index < -0.39 is 35.8 Å². The Bertz CT molecular complexity index is 1870. The number of hydrogen-bond acceptors (Lipinski definition) is 8. The highest BCUT2D eigenvalue weighted by Gasteiger charge is 2.33. The first-order valence-electron chi connectivity index (χ1n) is 17.8. The molecule has 0 spiro atoms. The van der Waals surface area contributed by atoms with Gasteiger partial charge in [-0.15, -0.1) is 13.2 Å². The molecule has 0 saturated carbocycles. The van der Waals surface area contributed by atoms with Crippen LogP contribution in [0.15, 0.2) is 91.1 Å². The third-order valence-corrected chi connectivity index (χ3v) is 8.02. The van der Waals surface area contributed by atoms with Gasteiger partial charge in [0, 0.05) is 44.5 Å². The van der Waals surface area contributed by atoms with Gasteiger partial charge in [-0.05, 0) is 87.1 Å². The molecule has 3 amide bonds. The van der Waals surface area contributed by atoms with Crippen molar-refractivity contribution in [1.29, 1.82) is 0 Å². The van der Waals surface area contributed by atoms with Crippen molar-refractivity contribution in [2.24, 2.45) is 0 Å². The molecule has 0 aliphatic heterocycles. The van der Waals surface area contributed by atoms with Gasteiger partial charge in [-0.25, -0.2) is 9.78 Å². The smallest absolute Gasteiger partial charge is 0.489 e. The fourth-order valence-corrected chi connectivity index (χ4v) is 5.43. The molecule has 0 aliphatic carbocycles. The lowest BCUT2D eigenvalue weighted by Gasteiger charge is -2.27. The molecule has 0 bridgehead atoms. The molecule has 1 heterocycles. The summed E-state index contributed by atoms with van der Waals surface area (Å²) in [5.74, 6) is -0.649. The molecule has 55 heavy (non-hydrogen) atoms. The summed E-state index contributed by atoms with van der Waals surface area (Å²) in [4.78, 5) is 44.3. The molecule has 1 aromatic heterocycles. The summed E-state index contributed by atoms with van der Waals surface area (Å²) in [5, 5.41) is 5.51. The molecule has 3 aromatic carbocycles. The number of carbonyl (C=O) groups excluding carboxylic acids is 3. The van der Waals surface area contributed by atoms with Crippen LogP contribution < -0.4 is 25.0 Å². The molecule has 1 atom stereocenters. The summed E-state index contributed by atoms with van der Waals surface area (Å²) in [5.41, 5.74) is 2.35. The van der Waals surface area contributed by atoms with Gasteiger partial charge in [0.05, 0.1) is 12.6 Å². The van der Waals surface area contributed by atoms with Gasteiger partial charge in [0.25, 0.3) is 0 Å². The van der Waals surface area contributed by atoms with Crippen LogP contribution in [0.25, 0.3) is 11.1 Å². The monoisotopic (exact) mass is 764 g/mol. The van der Waals surface area contributed by atoms with Crippen LogP contribution in [-0.4, -0.2) is 61.7 Å². The van der Waals surface area contributed by atoms with E-state index in [9.17, 15) is 27.6 Å². The number of pyridine rings is 1. The molecule has 11 nitrogen and oxygen atoms in total. The first kappa shape index (κ1) is 42.1. The molecule has 0 aliphatic rings. The number of anilines is 1. The van der Waals surface area contributed by atoms with Crippen LogP contribution >= 0.6 is 0 Å². The van der Waals surface area contributed by atoms with Gasteiger partial charge in [0.1, 0.15) is 29.5 Å². The number of aromatic nitrogens is 1. The maximum atomic E-state index is 13.4. The van der Waals surface area contributed by atoms with Crippen molar-refractivity contribution in [2.45, 2.75) is 71.6 Å². The van der Waals surface area contributed by atoms with Crippen molar-refractivity contribution in [3.05, 3.63) is 108 Å². The second-order valence-electron chi connectivity index (χ2n) is 13.7. The van der Waals surface area contributed by atoms with Gasteiger partial charge < -0.3 is 29.6 Å². The molecular formula is C41H47F3N4O7. The molecule has 2 N–H and O–H groups in total. The lowest BCUT2D eigenvalue weighted by Crippen LogP contribution is -2.40. The second-order valence-corrected chi connectivity index (χ2v) is 13.7. The number of ether oxygens (including phenoxy) is 4. The number of benzene rings is 3. The second kappa shape index (κ2) is 19.6. The van der Waals surface area contributed by atoms with E-state index in [1.165, 1.54) is 24.1 Å². The summed E-state index contributed by atoms with van der Waals surface area (Å²) < 4.78 is 61.2. The minimum absolute atomic E-state index is 0.0349. The van der Waals surface area contributed by atoms with E-state index in [1.54, 1.807) is 69.4 Å². The standard InChI is InChI=1S/C41H47F3N4O7/c1-28-19-21-45-36(24-28)48(39(51)55-40(2,3)4)22-9-12-37(49)46-26-38(50)47-34(20-23-52-5)31-15-13-30(14-16-31)33-18-17-32(25-35(33)54-41(42,43)44)53-27-29-10-7-6-8-11-29/h6-8,10-11,13-19,21,24-25,34H,9,12,20,22-23,26-27H2,1-5H3,(H,46,49)(H,47,50)/t34-/m0/s1. The predicted molar refractivity (Wildman–Crippen MR) is 202 cm³/mol. The number of halogens is 3. The Morgan fingerprint density at radius 3 is 2.29 bits per heavy atom. The Morgan fingerprint density at radius 2 is 1.64 bits per heavy atom. The summed E-state index contributed by atoms with van der Waals surface area (Å²) in [6.07, 6.45) is -3.22. The van der Waals surface area contributed by atoms with Crippen molar-refractivity contribution in [2.75, 3.05) is 31.7 Å². The minimum atomic E-state index is -4.93. The van der Waals surface area contributed by atoms with Crippen LogP contribution in [-0.2, 0) is 25.7 Å². The minimum Gasteiger partial charge on any atom is -0.489 e. The van der Waals surface area contributed by atoms with Crippen molar-refractivity contribution in [3.63, 3.8) is 0 Å². The van der Waals surface area contributed by atoms with E-state index in [4.69, 9.17) is 14.2 Å². The van der Waals surface area contributed by atoms with Crippen molar-refractivity contribution in [3.8, 4) is 22.6 Å². The Kier molecular flexibility index (Phi) is 15.0. The topological polar surface area (TPSA) is 128 Å². The third-order valence-electron chi connectivity index (χ3n) is 8.02. The number of alkyl halides is 3. The van der Waals surface area contributed by atoms with Crippen LogP contribution in [0.4, 0.5) is 23.8 Å². The SMILES string of the molecule is COCC[C@H](NC(=O)CNC(=O)CCCN(C(=O)OC(C)(C)C)c1cc(C)ccn1)c1ccc(-c2ccc(OCc3ccccc3)cc2OC(F)(F)F)cc1. The van der Waals surface area contributed by atoms with Gasteiger partial charge in [-0.3, -0.25) is 14.5 Å². The van der Waals surface area contributed by atoms with Gasteiger partial charge in [0.15, 0.2) is 0 Å². The lowest BCUT2D eigenvalue weighted by atomic mass is 9.98. The molecular weight excluding hydrogens is 717 g/mol. The Morgan fingerprint density at radius 1 is 0.909 bits per heavy atom. The first-order chi connectivity index (χ1) is 26.1. The molecule has 0 radical (unpaired) electrons. The lowest BCUT2D eigenvalue weighted by molar-refractivity contribution is -0.274. The van der Waals surface area contributed by atoms with Crippen LogP contribution in [0.2, 0.25) is 0 Å². The van der Waals surface area contributed by atoms with Crippen molar-refractivity contribution >= 4 is 23.7 Å². The van der Waals surface area contributed by atoms with E-state index >= 15 is 0 Å². The maximum Gasteiger partial charge on any atom is 0.573 e. The summed E-state index contributed by atoms with van der Waals surface area (Å²) in [6, 6.07) is 23.2. The van der Waals surface area contributed by atoms with Crippen LogP contribution in [0.5, 0.6) is 11.5 Å². The zero-order valence-corrected chi connectivity index (χ0v) is 31.6. The number of methoxy groups -OCH3 is 1. The normalized spacial score (nSPS) is 12.0. The number of amides is 3.